The second-order valence-corrected chi connectivity index (χ2v) is 7.71. The number of ether oxygens (including phenoxy) is 1. The number of esters is 1. The molecule has 9 nitrogen and oxygen atoms in total. The number of benzene rings is 1. The van der Waals surface area contributed by atoms with E-state index >= 15 is 0 Å². The normalized spacial score (nSPS) is 13.1. The summed E-state index contributed by atoms with van der Waals surface area (Å²) in [7, 11) is 0. The number of carbonyl (C=O) groups is 3. The maximum Gasteiger partial charge on any atom is 0.340 e. The molecule has 0 radical (unpaired) electrons. The van der Waals surface area contributed by atoms with Gasteiger partial charge in [0.25, 0.3) is 11.8 Å². The molecule has 1 heterocycles. The van der Waals surface area contributed by atoms with Crippen molar-refractivity contribution in [3.05, 3.63) is 53.9 Å². The summed E-state index contributed by atoms with van der Waals surface area (Å²) in [6.45, 7) is 6.64. The summed E-state index contributed by atoms with van der Waals surface area (Å²) in [6.07, 6.45) is 1.79. The van der Waals surface area contributed by atoms with E-state index in [-0.39, 0.29) is 5.56 Å². The molecule has 160 valence electrons. The summed E-state index contributed by atoms with van der Waals surface area (Å²) in [6, 6.07) is 6.71. The standard InChI is InChI=1S/C21H25N3O6/c1-12(25)17(19(27)24-29)23-18(26)14-7-5-13(6-8-14)15-9-16(11-22-10-15)20(28)30-21(2,3)4/h5-12,17,25,29H,1-4H3,(H,23,26)(H,24,27)/t12-,17+/m1/s1. The Morgan fingerprint density at radius 2 is 1.67 bits per heavy atom. The Morgan fingerprint density at radius 1 is 1.03 bits per heavy atom. The highest BCUT2D eigenvalue weighted by Gasteiger charge is 2.25. The van der Waals surface area contributed by atoms with Crippen LogP contribution in [0.15, 0.2) is 42.7 Å². The molecule has 1 aromatic carbocycles. The number of hydrogen-bond acceptors (Lipinski definition) is 7. The number of carbonyl (C=O) groups excluding carboxylic acids is 3. The van der Waals surface area contributed by atoms with Gasteiger partial charge in [0.1, 0.15) is 11.6 Å². The summed E-state index contributed by atoms with van der Waals surface area (Å²) in [5.41, 5.74) is 2.70. The van der Waals surface area contributed by atoms with Crippen molar-refractivity contribution < 1.29 is 29.4 Å². The number of nitrogens with one attached hydrogen (secondary N) is 2. The van der Waals surface area contributed by atoms with E-state index in [1.165, 1.54) is 30.7 Å². The van der Waals surface area contributed by atoms with Gasteiger partial charge in [-0.05, 0) is 51.5 Å². The van der Waals surface area contributed by atoms with Crippen LogP contribution in [0.5, 0.6) is 0 Å². The Kier molecular flexibility index (Phi) is 7.25. The molecule has 0 fully saturated rings. The molecule has 0 saturated carbocycles. The molecule has 2 amide bonds. The number of aliphatic hydroxyl groups excluding tert-OH is 1. The van der Waals surface area contributed by atoms with Crippen LogP contribution in [0.3, 0.4) is 0 Å². The quantitative estimate of drug-likeness (QED) is 0.320. The molecule has 2 aromatic rings. The van der Waals surface area contributed by atoms with E-state index in [4.69, 9.17) is 9.94 Å². The number of nitrogens with zero attached hydrogens (tertiary/aromatic N) is 1. The van der Waals surface area contributed by atoms with Gasteiger partial charge < -0.3 is 15.2 Å². The second kappa shape index (κ2) is 9.47. The Hall–Kier alpha value is -3.30. The first-order valence-electron chi connectivity index (χ1n) is 9.23. The summed E-state index contributed by atoms with van der Waals surface area (Å²) in [5.74, 6) is -2.02. The highest BCUT2D eigenvalue weighted by molar-refractivity contribution is 5.98. The van der Waals surface area contributed by atoms with Crippen LogP contribution in [0, 0.1) is 0 Å². The van der Waals surface area contributed by atoms with Gasteiger partial charge in [0, 0.05) is 23.5 Å². The average Bonchev–Trinajstić information content (AvgIpc) is 2.70. The van der Waals surface area contributed by atoms with Crippen molar-refractivity contribution in [2.75, 3.05) is 0 Å². The molecule has 9 heteroatoms. The van der Waals surface area contributed by atoms with E-state index in [1.807, 2.05) is 0 Å². The molecule has 0 bridgehead atoms. The van der Waals surface area contributed by atoms with E-state index in [2.05, 4.69) is 10.3 Å². The van der Waals surface area contributed by atoms with E-state index in [0.29, 0.717) is 16.7 Å². The second-order valence-electron chi connectivity index (χ2n) is 7.71. The van der Waals surface area contributed by atoms with Crippen LogP contribution in [-0.2, 0) is 9.53 Å². The number of hydrogen-bond donors (Lipinski definition) is 4. The average molecular weight is 415 g/mol. The Balaban J connectivity index is 2.18. The predicted octanol–water partition coefficient (Wildman–Crippen LogP) is 1.69. The smallest absolute Gasteiger partial charge is 0.340 e. The van der Waals surface area contributed by atoms with Crippen molar-refractivity contribution in [3.8, 4) is 11.1 Å². The number of aliphatic hydroxyl groups is 1. The first kappa shape index (κ1) is 23.0. The third kappa shape index (κ3) is 6.10. The van der Waals surface area contributed by atoms with Crippen molar-refractivity contribution in [2.45, 2.75) is 45.4 Å². The highest BCUT2D eigenvalue weighted by atomic mass is 16.6. The van der Waals surface area contributed by atoms with Crippen LogP contribution in [0.25, 0.3) is 11.1 Å². The van der Waals surface area contributed by atoms with Gasteiger partial charge in [0.2, 0.25) is 0 Å². The van der Waals surface area contributed by atoms with Crippen LogP contribution < -0.4 is 10.8 Å². The lowest BCUT2D eigenvalue weighted by Gasteiger charge is -2.19. The molecule has 0 unspecified atom stereocenters. The number of pyridine rings is 1. The van der Waals surface area contributed by atoms with Crippen LogP contribution in [0.2, 0.25) is 0 Å². The maximum absolute atomic E-state index is 12.3. The van der Waals surface area contributed by atoms with E-state index in [0.717, 1.165) is 0 Å². The van der Waals surface area contributed by atoms with Gasteiger partial charge in [-0.1, -0.05) is 12.1 Å². The molecule has 1 aromatic heterocycles. The Labute approximate surface area is 174 Å². The van der Waals surface area contributed by atoms with Crippen LogP contribution in [0.4, 0.5) is 0 Å². The third-order valence-electron chi connectivity index (χ3n) is 4.01. The van der Waals surface area contributed by atoms with Crippen LogP contribution >= 0.6 is 0 Å². The van der Waals surface area contributed by atoms with Crippen LogP contribution in [0.1, 0.15) is 48.4 Å². The number of amides is 2. The first-order chi connectivity index (χ1) is 14.0. The third-order valence-corrected chi connectivity index (χ3v) is 4.01. The van der Waals surface area contributed by atoms with Crippen molar-refractivity contribution >= 4 is 17.8 Å². The topological polar surface area (TPSA) is 138 Å². The Bertz CT molecular complexity index is 919. The fourth-order valence-corrected chi connectivity index (χ4v) is 2.56. The first-order valence-corrected chi connectivity index (χ1v) is 9.23. The molecule has 0 aliphatic heterocycles. The van der Waals surface area contributed by atoms with Gasteiger partial charge in [-0.25, -0.2) is 10.3 Å². The molecule has 0 saturated heterocycles. The molecule has 2 atom stereocenters. The fraction of sp³-hybridized carbons (Fsp3) is 0.333. The predicted molar refractivity (Wildman–Crippen MR) is 108 cm³/mol. The monoisotopic (exact) mass is 415 g/mol. The molecule has 4 N–H and O–H groups in total. The van der Waals surface area contributed by atoms with Crippen LogP contribution in [-0.4, -0.2) is 50.8 Å². The van der Waals surface area contributed by atoms with Crippen molar-refractivity contribution in [1.82, 2.24) is 15.8 Å². The summed E-state index contributed by atoms with van der Waals surface area (Å²) in [4.78, 5) is 40.2. The zero-order valence-electron chi connectivity index (χ0n) is 17.2. The van der Waals surface area contributed by atoms with E-state index in [9.17, 15) is 19.5 Å². The Morgan fingerprint density at radius 3 is 2.20 bits per heavy atom. The van der Waals surface area contributed by atoms with Gasteiger partial charge in [0.15, 0.2) is 0 Å². The molecule has 0 spiro atoms. The maximum atomic E-state index is 12.3. The summed E-state index contributed by atoms with van der Waals surface area (Å²) < 4.78 is 5.35. The number of hydroxylamine groups is 1. The zero-order valence-corrected chi connectivity index (χ0v) is 17.2. The van der Waals surface area contributed by atoms with Gasteiger partial charge in [-0.15, -0.1) is 0 Å². The molecule has 0 aliphatic rings. The molecule has 0 aliphatic carbocycles. The number of aromatic nitrogens is 1. The van der Waals surface area contributed by atoms with E-state index < -0.39 is 35.5 Å². The molecule has 30 heavy (non-hydrogen) atoms. The highest BCUT2D eigenvalue weighted by Crippen LogP contribution is 2.21. The lowest BCUT2D eigenvalue weighted by Crippen LogP contribution is -2.51. The summed E-state index contributed by atoms with van der Waals surface area (Å²) in [5, 5.41) is 20.7. The van der Waals surface area contributed by atoms with Gasteiger partial charge in [-0.2, -0.15) is 0 Å². The van der Waals surface area contributed by atoms with Gasteiger partial charge in [0.05, 0.1) is 11.7 Å². The van der Waals surface area contributed by atoms with Crippen molar-refractivity contribution in [1.29, 1.82) is 0 Å². The minimum absolute atomic E-state index is 0.242. The van der Waals surface area contributed by atoms with E-state index in [1.54, 1.807) is 45.2 Å². The van der Waals surface area contributed by atoms with Crippen molar-refractivity contribution in [3.63, 3.8) is 0 Å². The summed E-state index contributed by atoms with van der Waals surface area (Å²) >= 11 is 0. The molecular weight excluding hydrogens is 390 g/mol. The van der Waals surface area contributed by atoms with Gasteiger partial charge >= 0.3 is 5.97 Å². The minimum Gasteiger partial charge on any atom is -0.456 e. The fourth-order valence-electron chi connectivity index (χ4n) is 2.56. The van der Waals surface area contributed by atoms with Gasteiger partial charge in [-0.3, -0.25) is 19.8 Å². The number of rotatable bonds is 6. The largest absolute Gasteiger partial charge is 0.456 e. The van der Waals surface area contributed by atoms with Crippen molar-refractivity contribution in [2.24, 2.45) is 0 Å². The lowest BCUT2D eigenvalue weighted by atomic mass is 10.0. The zero-order chi connectivity index (χ0) is 22.5. The SMILES string of the molecule is C[C@@H](O)[C@H](NC(=O)c1ccc(-c2cncc(C(=O)OC(C)(C)C)c2)cc1)C(=O)NO. The molecular formula is C21H25N3O6. The lowest BCUT2D eigenvalue weighted by molar-refractivity contribution is -0.133. The molecule has 2 rings (SSSR count). The minimum atomic E-state index is -1.31.